The molecule has 3 rings (SSSR count). The molecule has 0 spiro atoms. The molecule has 2 heterocycles. The smallest absolute Gasteiger partial charge is 0.132 e. The molecule has 1 aromatic carbocycles. The molecule has 3 nitrogen and oxygen atoms in total. The molecule has 22 heavy (non-hydrogen) atoms. The van der Waals surface area contributed by atoms with Crippen LogP contribution in [0.1, 0.15) is 23.1 Å². The maximum absolute atomic E-state index is 13.9. The zero-order chi connectivity index (χ0) is 15.4. The average Bonchev–Trinajstić information content (AvgIpc) is 2.55. The summed E-state index contributed by atoms with van der Waals surface area (Å²) in [5.41, 5.74) is 3.24. The number of aromatic nitrogens is 1. The molecular weight excluding hydrogens is 277 g/mol. The van der Waals surface area contributed by atoms with Gasteiger partial charge in [-0.2, -0.15) is 0 Å². The topological polar surface area (TPSA) is 28.2 Å². The third kappa shape index (κ3) is 3.12. The average molecular weight is 299 g/mol. The molecule has 0 radical (unpaired) electrons. The van der Waals surface area contributed by atoms with E-state index in [2.05, 4.69) is 15.2 Å². The molecule has 0 atom stereocenters. The van der Waals surface area contributed by atoms with Crippen molar-refractivity contribution < 1.29 is 4.39 Å². The van der Waals surface area contributed by atoms with Crippen LogP contribution >= 0.6 is 0 Å². The fraction of sp³-hybridized carbons (Fsp3) is 0.389. The molecule has 4 heteroatoms. The van der Waals surface area contributed by atoms with E-state index in [9.17, 15) is 4.39 Å². The number of hydrogen-bond acceptors (Lipinski definition) is 3. The van der Waals surface area contributed by atoms with E-state index in [-0.39, 0.29) is 5.82 Å². The largest absolute Gasteiger partial charge is 0.355 e. The van der Waals surface area contributed by atoms with Crippen LogP contribution < -0.4 is 10.2 Å². The number of nitrogens with zero attached hydrogens (tertiary/aromatic N) is 2. The number of likely N-dealkylation sites (N-methyl/N-ethyl adjacent to an activating group) is 1. The third-order valence-electron chi connectivity index (χ3n) is 4.25. The van der Waals surface area contributed by atoms with Crippen LogP contribution in [0.5, 0.6) is 0 Å². The Morgan fingerprint density at radius 1 is 1.23 bits per heavy atom. The van der Waals surface area contributed by atoms with Gasteiger partial charge in [0.15, 0.2) is 0 Å². The van der Waals surface area contributed by atoms with E-state index in [0.29, 0.717) is 6.42 Å². The summed E-state index contributed by atoms with van der Waals surface area (Å²) in [6, 6.07) is 9.06. The quantitative estimate of drug-likeness (QED) is 0.920. The molecule has 1 aliphatic heterocycles. The Bertz CT molecular complexity index is 642. The Hall–Kier alpha value is -1.94. The van der Waals surface area contributed by atoms with Crippen LogP contribution in [0.4, 0.5) is 10.2 Å². The fourth-order valence-corrected chi connectivity index (χ4v) is 3.09. The summed E-state index contributed by atoms with van der Waals surface area (Å²) in [4.78, 5) is 6.92. The van der Waals surface area contributed by atoms with Gasteiger partial charge in [-0.15, -0.1) is 0 Å². The van der Waals surface area contributed by atoms with Gasteiger partial charge >= 0.3 is 0 Å². The van der Waals surface area contributed by atoms with Gasteiger partial charge in [0.1, 0.15) is 11.6 Å². The van der Waals surface area contributed by atoms with Crippen LogP contribution in [-0.2, 0) is 12.8 Å². The van der Waals surface area contributed by atoms with Gasteiger partial charge in [0.2, 0.25) is 0 Å². The molecule has 0 amide bonds. The van der Waals surface area contributed by atoms with Gasteiger partial charge in [0.25, 0.3) is 0 Å². The number of pyridine rings is 1. The highest BCUT2D eigenvalue weighted by Crippen LogP contribution is 2.29. The van der Waals surface area contributed by atoms with Crippen LogP contribution in [-0.4, -0.2) is 31.7 Å². The Kier molecular flexibility index (Phi) is 4.68. The molecule has 0 saturated carbocycles. The van der Waals surface area contributed by atoms with Crippen molar-refractivity contribution >= 4 is 5.82 Å². The van der Waals surface area contributed by atoms with E-state index in [0.717, 1.165) is 43.9 Å². The Morgan fingerprint density at radius 3 is 2.91 bits per heavy atom. The first-order chi connectivity index (χ1) is 10.8. The Balaban J connectivity index is 1.89. The van der Waals surface area contributed by atoms with E-state index < -0.39 is 0 Å². The van der Waals surface area contributed by atoms with Gasteiger partial charge < -0.3 is 10.2 Å². The second-order valence-corrected chi connectivity index (χ2v) is 5.73. The molecule has 0 fully saturated rings. The predicted octanol–water partition coefficient (Wildman–Crippen LogP) is 2.78. The zero-order valence-electron chi connectivity index (χ0n) is 13.0. The van der Waals surface area contributed by atoms with Crippen molar-refractivity contribution in [2.75, 3.05) is 31.6 Å². The zero-order valence-corrected chi connectivity index (χ0v) is 13.0. The summed E-state index contributed by atoms with van der Waals surface area (Å²) < 4.78 is 13.9. The molecule has 1 N–H and O–H groups in total. The lowest BCUT2D eigenvalue weighted by Gasteiger charge is -2.31. The minimum absolute atomic E-state index is 0.129. The second-order valence-electron chi connectivity index (χ2n) is 5.73. The van der Waals surface area contributed by atoms with Crippen molar-refractivity contribution in [1.29, 1.82) is 0 Å². The van der Waals surface area contributed by atoms with Crippen molar-refractivity contribution in [3.63, 3.8) is 0 Å². The van der Waals surface area contributed by atoms with Crippen LogP contribution in [0, 0.1) is 5.82 Å². The maximum atomic E-state index is 13.9. The highest BCUT2D eigenvalue weighted by Gasteiger charge is 2.20. The van der Waals surface area contributed by atoms with Crippen molar-refractivity contribution in [3.8, 4) is 0 Å². The van der Waals surface area contributed by atoms with Crippen molar-refractivity contribution in [3.05, 3.63) is 59.0 Å². The monoisotopic (exact) mass is 299 g/mol. The highest BCUT2D eigenvalue weighted by atomic mass is 19.1. The van der Waals surface area contributed by atoms with Crippen LogP contribution in [0.25, 0.3) is 0 Å². The Morgan fingerprint density at radius 2 is 2.09 bits per heavy atom. The minimum atomic E-state index is -0.129. The van der Waals surface area contributed by atoms with Crippen molar-refractivity contribution in [1.82, 2.24) is 10.3 Å². The van der Waals surface area contributed by atoms with Gasteiger partial charge in [0.05, 0.1) is 0 Å². The summed E-state index contributed by atoms with van der Waals surface area (Å²) in [6.07, 6.45) is 4.65. The molecule has 1 aromatic heterocycles. The number of benzene rings is 1. The number of halogens is 1. The molecular formula is C18H22FN3. The van der Waals surface area contributed by atoms with Crippen molar-refractivity contribution in [2.45, 2.75) is 19.3 Å². The van der Waals surface area contributed by atoms with Crippen LogP contribution in [0.15, 0.2) is 36.5 Å². The summed E-state index contributed by atoms with van der Waals surface area (Å²) in [7, 11) is 1.97. The Labute approximate surface area is 131 Å². The fourth-order valence-electron chi connectivity index (χ4n) is 3.09. The first-order valence-corrected chi connectivity index (χ1v) is 7.89. The summed E-state index contributed by atoms with van der Waals surface area (Å²) in [5, 5.41) is 3.19. The number of hydrogen-bond donors (Lipinski definition) is 1. The van der Waals surface area contributed by atoms with Crippen LogP contribution in [0.3, 0.4) is 0 Å². The molecule has 116 valence electrons. The van der Waals surface area contributed by atoms with E-state index >= 15 is 0 Å². The number of anilines is 1. The lowest BCUT2D eigenvalue weighted by atomic mass is 9.95. The number of rotatable bonds is 5. The first kappa shape index (κ1) is 15.0. The van der Waals surface area contributed by atoms with E-state index in [1.54, 1.807) is 6.07 Å². The lowest BCUT2D eigenvalue weighted by molar-refractivity contribution is 0.612. The van der Waals surface area contributed by atoms with Gasteiger partial charge in [-0.25, -0.2) is 9.37 Å². The molecule has 1 aliphatic rings. The summed E-state index contributed by atoms with van der Waals surface area (Å²) >= 11 is 0. The van der Waals surface area contributed by atoms with E-state index in [1.165, 1.54) is 17.2 Å². The van der Waals surface area contributed by atoms with E-state index in [4.69, 9.17) is 0 Å². The molecule has 0 bridgehead atoms. The normalized spacial score (nSPS) is 14.0. The standard InChI is InChI=1S/C18H22FN3/c1-20-10-12-22-11-4-6-16-14(8-9-21-18(16)22)13-15-5-2-3-7-17(15)19/h2-3,5,7-9,20H,4,6,10-13H2,1H3. The van der Waals surface area contributed by atoms with E-state index in [1.807, 2.05) is 31.4 Å². The lowest BCUT2D eigenvalue weighted by Crippen LogP contribution is -2.35. The third-order valence-corrected chi connectivity index (χ3v) is 4.25. The minimum Gasteiger partial charge on any atom is -0.355 e. The predicted molar refractivity (Wildman–Crippen MR) is 87.9 cm³/mol. The van der Waals surface area contributed by atoms with Gasteiger partial charge in [0, 0.05) is 32.3 Å². The van der Waals surface area contributed by atoms with Gasteiger partial charge in [-0.05, 0) is 48.7 Å². The SMILES string of the molecule is CNCCN1CCCc2c(Cc3ccccc3F)ccnc21. The number of nitrogens with one attached hydrogen (secondary N) is 1. The summed E-state index contributed by atoms with van der Waals surface area (Å²) in [5.74, 6) is 0.950. The first-order valence-electron chi connectivity index (χ1n) is 7.89. The second kappa shape index (κ2) is 6.88. The summed E-state index contributed by atoms with van der Waals surface area (Å²) in [6.45, 7) is 2.95. The maximum Gasteiger partial charge on any atom is 0.132 e. The van der Waals surface area contributed by atoms with Crippen molar-refractivity contribution in [2.24, 2.45) is 0 Å². The molecule has 0 aliphatic carbocycles. The molecule has 2 aromatic rings. The highest BCUT2D eigenvalue weighted by molar-refractivity contribution is 5.53. The van der Waals surface area contributed by atoms with Gasteiger partial charge in [-0.3, -0.25) is 0 Å². The van der Waals surface area contributed by atoms with Crippen LogP contribution in [0.2, 0.25) is 0 Å². The van der Waals surface area contributed by atoms with Gasteiger partial charge in [-0.1, -0.05) is 18.2 Å². The molecule has 0 unspecified atom stereocenters. The molecule has 0 saturated heterocycles. The number of fused-ring (bicyclic) bond motifs is 1.